The molecule has 0 saturated heterocycles. The highest BCUT2D eigenvalue weighted by molar-refractivity contribution is 7.18. The third-order valence-corrected chi connectivity index (χ3v) is 5.46. The molecule has 2 rings (SSSR count). The van der Waals surface area contributed by atoms with Crippen molar-refractivity contribution >= 4 is 45.2 Å². The number of esters is 1. The maximum Gasteiger partial charge on any atom is 0.348 e. The van der Waals surface area contributed by atoms with Gasteiger partial charge in [0, 0.05) is 0 Å². The molecule has 0 spiro atoms. The Balaban J connectivity index is 2.23. The van der Waals surface area contributed by atoms with Crippen LogP contribution in [0.2, 0.25) is 4.34 Å². The highest BCUT2D eigenvalue weighted by Gasteiger charge is 2.25. The van der Waals surface area contributed by atoms with E-state index >= 15 is 0 Å². The number of nitrogens with zero attached hydrogens (tertiary/aromatic N) is 1. The minimum atomic E-state index is -0.423. The molecule has 2 heterocycles. The molecule has 2 aromatic rings. The molecule has 0 bridgehead atoms. The monoisotopic (exact) mass is 370 g/mol. The number of thiophene rings is 2. The summed E-state index contributed by atoms with van der Waals surface area (Å²) in [6.45, 7) is 3.30. The Kier molecular flexibility index (Phi) is 6.02. The standard InChI is InChI=1S/C15H16ClN3O2S2/c1-3-21-15(20)13-11(10(6-17)14(18)23-13)8-19(2)7-9-4-5-12(16)22-9/h4-5H,3,7-8,18H2,1-2H3/p+1. The minimum absolute atomic E-state index is 0.286. The van der Waals surface area contributed by atoms with Crippen molar-refractivity contribution in [3.63, 3.8) is 0 Å². The van der Waals surface area contributed by atoms with Crippen molar-refractivity contribution in [3.8, 4) is 6.07 Å². The summed E-state index contributed by atoms with van der Waals surface area (Å²) in [5.41, 5.74) is 6.92. The van der Waals surface area contributed by atoms with Crippen LogP contribution in [0, 0.1) is 11.3 Å². The zero-order valence-electron chi connectivity index (χ0n) is 12.8. The zero-order chi connectivity index (χ0) is 17.0. The zero-order valence-corrected chi connectivity index (χ0v) is 15.2. The number of halogens is 1. The van der Waals surface area contributed by atoms with Crippen molar-refractivity contribution < 1.29 is 14.4 Å². The first-order valence-electron chi connectivity index (χ1n) is 7.00. The van der Waals surface area contributed by atoms with E-state index in [0.717, 1.165) is 32.0 Å². The Morgan fingerprint density at radius 3 is 2.74 bits per heavy atom. The van der Waals surface area contributed by atoms with Gasteiger partial charge >= 0.3 is 5.97 Å². The Bertz CT molecular complexity index is 748. The Hall–Kier alpha value is -1.59. The Morgan fingerprint density at radius 1 is 1.43 bits per heavy atom. The first-order chi connectivity index (χ1) is 11.0. The fourth-order valence-corrected chi connectivity index (χ4v) is 4.38. The molecular weight excluding hydrogens is 354 g/mol. The van der Waals surface area contributed by atoms with Crippen molar-refractivity contribution in [1.29, 1.82) is 5.26 Å². The Labute approximate surface area is 147 Å². The van der Waals surface area contributed by atoms with Gasteiger partial charge in [0.25, 0.3) is 0 Å². The number of nitrogens with two attached hydrogens (primary N) is 1. The number of nitrogens with one attached hydrogen (secondary N) is 1. The van der Waals surface area contributed by atoms with Gasteiger partial charge in [-0.1, -0.05) is 11.6 Å². The topological polar surface area (TPSA) is 80.5 Å². The summed E-state index contributed by atoms with van der Waals surface area (Å²) in [6, 6.07) is 5.95. The second-order valence-corrected chi connectivity index (χ2v) is 7.85. The van der Waals surface area contributed by atoms with E-state index in [1.807, 2.05) is 19.2 Å². The molecule has 1 unspecified atom stereocenters. The van der Waals surface area contributed by atoms with Gasteiger partial charge < -0.3 is 15.4 Å². The molecule has 0 saturated carbocycles. The lowest BCUT2D eigenvalue weighted by Crippen LogP contribution is -3.06. The van der Waals surface area contributed by atoms with Gasteiger partial charge in [0.15, 0.2) is 0 Å². The van der Waals surface area contributed by atoms with Gasteiger partial charge in [0.2, 0.25) is 0 Å². The number of nitriles is 1. The van der Waals surface area contributed by atoms with Gasteiger partial charge in [-0.3, -0.25) is 0 Å². The van der Waals surface area contributed by atoms with Crippen LogP contribution in [-0.4, -0.2) is 19.6 Å². The van der Waals surface area contributed by atoms with Crippen molar-refractivity contribution in [1.82, 2.24) is 0 Å². The number of ether oxygens (including phenoxy) is 1. The largest absolute Gasteiger partial charge is 0.462 e. The predicted octanol–water partition coefficient (Wildman–Crippen LogP) is 2.31. The SMILES string of the molecule is CCOC(=O)c1sc(N)c(C#N)c1C[NH+](C)Cc1ccc(Cl)s1. The number of anilines is 1. The number of nitrogen functional groups attached to an aromatic ring is 1. The number of hydrogen-bond acceptors (Lipinski definition) is 6. The molecule has 5 nitrogen and oxygen atoms in total. The fraction of sp³-hybridized carbons (Fsp3) is 0.333. The molecule has 0 amide bonds. The molecule has 8 heteroatoms. The van der Waals surface area contributed by atoms with Crippen LogP contribution in [0.15, 0.2) is 12.1 Å². The van der Waals surface area contributed by atoms with Crippen molar-refractivity contribution in [2.75, 3.05) is 19.4 Å². The maximum atomic E-state index is 12.1. The summed E-state index contributed by atoms with van der Waals surface area (Å²) in [6.07, 6.45) is 0. The lowest BCUT2D eigenvalue weighted by Gasteiger charge is -2.13. The van der Waals surface area contributed by atoms with Crippen LogP contribution in [0.4, 0.5) is 5.00 Å². The highest BCUT2D eigenvalue weighted by Crippen LogP contribution is 2.30. The summed E-state index contributed by atoms with van der Waals surface area (Å²) in [5, 5.41) is 9.69. The van der Waals surface area contributed by atoms with Crippen LogP contribution in [0.5, 0.6) is 0 Å². The number of quaternary nitrogens is 1. The van der Waals surface area contributed by atoms with Crippen molar-refractivity contribution in [2.45, 2.75) is 20.0 Å². The van der Waals surface area contributed by atoms with E-state index < -0.39 is 5.97 Å². The highest BCUT2D eigenvalue weighted by atomic mass is 35.5. The van der Waals surface area contributed by atoms with E-state index in [9.17, 15) is 10.1 Å². The molecule has 23 heavy (non-hydrogen) atoms. The van der Waals surface area contributed by atoms with Gasteiger partial charge in [-0.2, -0.15) is 5.26 Å². The van der Waals surface area contributed by atoms with Gasteiger partial charge in [-0.05, 0) is 19.1 Å². The van der Waals surface area contributed by atoms with Crippen LogP contribution in [0.25, 0.3) is 0 Å². The van der Waals surface area contributed by atoms with Gasteiger partial charge in [0.1, 0.15) is 29.0 Å². The lowest BCUT2D eigenvalue weighted by atomic mass is 10.1. The second kappa shape index (κ2) is 7.79. The van der Waals surface area contributed by atoms with Crippen LogP contribution >= 0.6 is 34.3 Å². The maximum absolute atomic E-state index is 12.1. The van der Waals surface area contributed by atoms with E-state index in [0.29, 0.717) is 27.5 Å². The van der Waals surface area contributed by atoms with Crippen molar-refractivity contribution in [2.24, 2.45) is 0 Å². The number of rotatable bonds is 6. The minimum Gasteiger partial charge on any atom is -0.462 e. The van der Waals surface area contributed by atoms with E-state index in [2.05, 4.69) is 6.07 Å². The summed E-state index contributed by atoms with van der Waals surface area (Å²) in [5.74, 6) is -0.423. The van der Waals surface area contributed by atoms with Gasteiger partial charge in [0.05, 0.1) is 34.0 Å². The molecule has 0 radical (unpaired) electrons. The molecule has 122 valence electrons. The second-order valence-electron chi connectivity index (χ2n) is 5.00. The fourth-order valence-electron chi connectivity index (χ4n) is 2.25. The molecule has 2 aromatic heterocycles. The van der Waals surface area contributed by atoms with Gasteiger partial charge in [-0.15, -0.1) is 22.7 Å². The van der Waals surface area contributed by atoms with E-state index in [4.69, 9.17) is 22.1 Å². The first-order valence-corrected chi connectivity index (χ1v) is 9.01. The van der Waals surface area contributed by atoms with E-state index in [1.165, 1.54) is 11.3 Å². The average molecular weight is 371 g/mol. The van der Waals surface area contributed by atoms with Crippen LogP contribution in [-0.2, 0) is 17.8 Å². The van der Waals surface area contributed by atoms with Crippen LogP contribution < -0.4 is 10.6 Å². The molecule has 3 N–H and O–H groups in total. The van der Waals surface area contributed by atoms with E-state index in [-0.39, 0.29) is 6.61 Å². The summed E-state index contributed by atoms with van der Waals surface area (Å²) < 4.78 is 5.81. The summed E-state index contributed by atoms with van der Waals surface area (Å²) >= 11 is 8.59. The number of carbonyl (C=O) groups excluding carboxylic acids is 1. The quantitative estimate of drug-likeness (QED) is 0.764. The van der Waals surface area contributed by atoms with Crippen molar-refractivity contribution in [3.05, 3.63) is 37.4 Å². The normalized spacial score (nSPS) is 11.9. The molecule has 1 atom stereocenters. The third kappa shape index (κ3) is 4.24. The third-order valence-electron chi connectivity index (χ3n) is 3.19. The first kappa shape index (κ1) is 17.8. The molecular formula is C15H17ClN3O2S2+. The molecule has 0 aromatic carbocycles. The molecule has 0 aliphatic rings. The summed E-state index contributed by atoms with van der Waals surface area (Å²) in [4.78, 5) is 14.8. The summed E-state index contributed by atoms with van der Waals surface area (Å²) in [7, 11) is 2.00. The number of carbonyl (C=O) groups is 1. The molecule has 0 aliphatic heterocycles. The average Bonchev–Trinajstić information content (AvgIpc) is 3.02. The predicted molar refractivity (Wildman–Crippen MR) is 93.0 cm³/mol. The number of hydrogen-bond donors (Lipinski definition) is 2. The Morgan fingerprint density at radius 2 is 2.17 bits per heavy atom. The molecule has 0 aliphatic carbocycles. The smallest absolute Gasteiger partial charge is 0.348 e. The van der Waals surface area contributed by atoms with Gasteiger partial charge in [-0.25, -0.2) is 4.79 Å². The lowest BCUT2D eigenvalue weighted by molar-refractivity contribution is -0.907. The van der Waals surface area contributed by atoms with Crippen LogP contribution in [0.3, 0.4) is 0 Å². The van der Waals surface area contributed by atoms with Crippen LogP contribution in [0.1, 0.15) is 32.6 Å². The molecule has 0 fully saturated rings. The van der Waals surface area contributed by atoms with E-state index in [1.54, 1.807) is 6.92 Å².